The number of rotatable bonds is 4. The average Bonchev–Trinajstić information content (AvgIpc) is 2.74. The average molecular weight is 218 g/mol. The van der Waals surface area contributed by atoms with E-state index in [1.165, 1.54) is 0 Å². The summed E-state index contributed by atoms with van der Waals surface area (Å²) in [4.78, 5) is 0. The maximum Gasteiger partial charge on any atom is 0.117 e. The summed E-state index contributed by atoms with van der Waals surface area (Å²) in [7, 11) is 1.91. The summed E-state index contributed by atoms with van der Waals surface area (Å²) in [6.45, 7) is 0.867. The lowest BCUT2D eigenvalue weighted by molar-refractivity contribution is 0.474. The lowest BCUT2D eigenvalue weighted by atomic mass is 10.2. The zero-order chi connectivity index (χ0) is 11.4. The van der Waals surface area contributed by atoms with Crippen LogP contribution in [0.15, 0.2) is 30.5 Å². The highest BCUT2D eigenvalue weighted by atomic mass is 16.3. The molecule has 0 amide bonds. The van der Waals surface area contributed by atoms with Gasteiger partial charge in [-0.25, -0.2) is 4.68 Å². The Morgan fingerprint density at radius 2 is 2.31 bits per heavy atom. The van der Waals surface area contributed by atoms with Crippen LogP contribution in [-0.2, 0) is 6.42 Å². The van der Waals surface area contributed by atoms with Crippen LogP contribution in [0.1, 0.15) is 5.69 Å². The number of nitrogens with zero attached hydrogens (tertiary/aromatic N) is 3. The Kier molecular flexibility index (Phi) is 3.16. The number of aromatic nitrogens is 3. The minimum Gasteiger partial charge on any atom is -0.508 e. The topological polar surface area (TPSA) is 63.0 Å². The van der Waals surface area contributed by atoms with Gasteiger partial charge < -0.3 is 10.4 Å². The molecule has 0 radical (unpaired) electrons. The highest BCUT2D eigenvalue weighted by Gasteiger charge is 2.05. The monoisotopic (exact) mass is 218 g/mol. The summed E-state index contributed by atoms with van der Waals surface area (Å²) in [6.07, 6.45) is 2.58. The van der Waals surface area contributed by atoms with Crippen LogP contribution in [0.2, 0.25) is 0 Å². The summed E-state index contributed by atoms with van der Waals surface area (Å²) in [5.41, 5.74) is 1.84. The fourth-order valence-corrected chi connectivity index (χ4v) is 1.52. The van der Waals surface area contributed by atoms with E-state index in [2.05, 4.69) is 15.6 Å². The molecule has 1 aromatic heterocycles. The molecule has 0 atom stereocenters. The summed E-state index contributed by atoms with van der Waals surface area (Å²) >= 11 is 0. The first-order valence-electron chi connectivity index (χ1n) is 5.15. The third-order valence-corrected chi connectivity index (χ3v) is 2.33. The fourth-order valence-electron chi connectivity index (χ4n) is 1.52. The smallest absolute Gasteiger partial charge is 0.117 e. The van der Waals surface area contributed by atoms with Gasteiger partial charge in [0.2, 0.25) is 0 Å². The van der Waals surface area contributed by atoms with Crippen LogP contribution in [0.25, 0.3) is 5.69 Å². The second-order valence-corrected chi connectivity index (χ2v) is 3.51. The lowest BCUT2D eigenvalue weighted by Gasteiger charge is -2.05. The van der Waals surface area contributed by atoms with Crippen molar-refractivity contribution < 1.29 is 5.11 Å². The second kappa shape index (κ2) is 4.76. The molecule has 2 N–H and O–H groups in total. The molecule has 84 valence electrons. The van der Waals surface area contributed by atoms with E-state index in [-0.39, 0.29) is 5.75 Å². The molecular weight excluding hydrogens is 204 g/mol. The van der Waals surface area contributed by atoms with Crippen molar-refractivity contribution >= 4 is 0 Å². The lowest BCUT2D eigenvalue weighted by Crippen LogP contribution is -2.13. The van der Waals surface area contributed by atoms with Crippen molar-refractivity contribution in [2.75, 3.05) is 13.6 Å². The van der Waals surface area contributed by atoms with E-state index < -0.39 is 0 Å². The third kappa shape index (κ3) is 2.20. The Hall–Kier alpha value is -1.88. The molecule has 1 aromatic carbocycles. The fraction of sp³-hybridized carbons (Fsp3) is 0.273. The molecule has 5 nitrogen and oxygen atoms in total. The van der Waals surface area contributed by atoms with Gasteiger partial charge in [0.15, 0.2) is 0 Å². The molecule has 16 heavy (non-hydrogen) atoms. The van der Waals surface area contributed by atoms with Gasteiger partial charge in [-0.1, -0.05) is 11.3 Å². The second-order valence-electron chi connectivity index (χ2n) is 3.51. The van der Waals surface area contributed by atoms with Crippen molar-refractivity contribution in [1.82, 2.24) is 20.3 Å². The van der Waals surface area contributed by atoms with Gasteiger partial charge >= 0.3 is 0 Å². The molecule has 0 aliphatic carbocycles. The molecule has 0 aliphatic rings. The van der Waals surface area contributed by atoms with Crippen molar-refractivity contribution in [2.24, 2.45) is 0 Å². The van der Waals surface area contributed by atoms with E-state index in [9.17, 15) is 5.11 Å². The minimum absolute atomic E-state index is 0.229. The number of likely N-dealkylation sites (N-methyl/N-ethyl adjacent to an activating group) is 1. The van der Waals surface area contributed by atoms with E-state index in [1.807, 2.05) is 13.1 Å². The quantitative estimate of drug-likeness (QED) is 0.794. The number of benzene rings is 1. The van der Waals surface area contributed by atoms with Gasteiger partial charge in [0.1, 0.15) is 5.75 Å². The van der Waals surface area contributed by atoms with Crippen molar-refractivity contribution in [1.29, 1.82) is 0 Å². The van der Waals surface area contributed by atoms with Crippen molar-refractivity contribution in [2.45, 2.75) is 6.42 Å². The number of hydrogen-bond acceptors (Lipinski definition) is 4. The molecule has 0 spiro atoms. The van der Waals surface area contributed by atoms with Gasteiger partial charge in [0.25, 0.3) is 0 Å². The Balaban J connectivity index is 2.29. The largest absolute Gasteiger partial charge is 0.508 e. The van der Waals surface area contributed by atoms with E-state index in [1.54, 1.807) is 29.1 Å². The predicted octanol–water partition coefficient (Wildman–Crippen LogP) is 0.735. The van der Waals surface area contributed by atoms with Crippen LogP contribution in [-0.4, -0.2) is 33.7 Å². The standard InChI is InChI=1S/C11H14N4O/c1-12-6-5-10-8-13-14-15(10)9-3-2-4-11(16)7-9/h2-4,7-8,12,16H,5-6H2,1H3. The van der Waals surface area contributed by atoms with Gasteiger partial charge in [-0.05, 0) is 19.2 Å². The van der Waals surface area contributed by atoms with Gasteiger partial charge in [-0.15, -0.1) is 5.10 Å². The summed E-state index contributed by atoms with van der Waals surface area (Å²) in [6, 6.07) is 6.97. The molecule has 2 rings (SSSR count). The summed E-state index contributed by atoms with van der Waals surface area (Å²) in [5, 5.41) is 20.4. The molecule has 0 bridgehead atoms. The first-order valence-corrected chi connectivity index (χ1v) is 5.15. The normalized spacial score (nSPS) is 10.6. The zero-order valence-corrected chi connectivity index (χ0v) is 9.09. The van der Waals surface area contributed by atoms with Gasteiger partial charge in [0.05, 0.1) is 17.6 Å². The highest BCUT2D eigenvalue weighted by molar-refractivity contribution is 5.38. The molecule has 0 unspecified atom stereocenters. The van der Waals surface area contributed by atoms with Gasteiger partial charge in [-0.2, -0.15) is 0 Å². The maximum absolute atomic E-state index is 9.40. The van der Waals surface area contributed by atoms with Crippen molar-refractivity contribution in [3.63, 3.8) is 0 Å². The van der Waals surface area contributed by atoms with Gasteiger partial charge in [-0.3, -0.25) is 0 Å². The predicted molar refractivity (Wildman–Crippen MR) is 60.7 cm³/mol. The first kappa shape index (κ1) is 10.6. The molecule has 0 saturated carbocycles. The molecule has 1 heterocycles. The van der Waals surface area contributed by atoms with Crippen LogP contribution >= 0.6 is 0 Å². The minimum atomic E-state index is 0.229. The van der Waals surface area contributed by atoms with E-state index in [0.29, 0.717) is 0 Å². The molecule has 2 aromatic rings. The van der Waals surface area contributed by atoms with Crippen LogP contribution in [0.4, 0.5) is 0 Å². The molecular formula is C11H14N4O. The zero-order valence-electron chi connectivity index (χ0n) is 9.09. The Morgan fingerprint density at radius 3 is 3.06 bits per heavy atom. The Bertz CT molecular complexity index is 467. The van der Waals surface area contributed by atoms with E-state index in [4.69, 9.17) is 0 Å². The number of aromatic hydroxyl groups is 1. The van der Waals surface area contributed by atoms with E-state index in [0.717, 1.165) is 24.3 Å². The van der Waals surface area contributed by atoms with Crippen LogP contribution in [0.5, 0.6) is 5.75 Å². The maximum atomic E-state index is 9.40. The van der Waals surface area contributed by atoms with Crippen molar-refractivity contribution in [3.05, 3.63) is 36.2 Å². The Labute approximate surface area is 93.7 Å². The molecule has 5 heteroatoms. The Morgan fingerprint density at radius 1 is 1.44 bits per heavy atom. The number of phenols is 1. The third-order valence-electron chi connectivity index (χ3n) is 2.33. The van der Waals surface area contributed by atoms with Crippen LogP contribution < -0.4 is 5.32 Å². The number of phenolic OH excluding ortho intramolecular Hbond substituents is 1. The highest BCUT2D eigenvalue weighted by Crippen LogP contribution is 2.15. The van der Waals surface area contributed by atoms with Crippen molar-refractivity contribution in [3.8, 4) is 11.4 Å². The van der Waals surface area contributed by atoms with Gasteiger partial charge in [0, 0.05) is 19.0 Å². The SMILES string of the molecule is CNCCc1cnnn1-c1cccc(O)c1. The molecule has 0 fully saturated rings. The van der Waals surface area contributed by atoms with E-state index >= 15 is 0 Å². The molecule has 0 aliphatic heterocycles. The summed E-state index contributed by atoms with van der Waals surface area (Å²) in [5.74, 6) is 0.229. The number of nitrogens with one attached hydrogen (secondary N) is 1. The van der Waals surface area contributed by atoms with Crippen LogP contribution in [0.3, 0.4) is 0 Å². The first-order chi connectivity index (χ1) is 7.81. The summed E-state index contributed by atoms with van der Waals surface area (Å²) < 4.78 is 1.73. The molecule has 0 saturated heterocycles. The van der Waals surface area contributed by atoms with Crippen LogP contribution in [0, 0.1) is 0 Å². The number of hydrogen-bond donors (Lipinski definition) is 2.